The molecule has 0 aromatic carbocycles. The fraction of sp³-hybridized carbons (Fsp3) is 1.00. The molecular weight excluding hydrogens is 188 g/mol. The smallest absolute Gasteiger partial charge is 0.159 e. The summed E-state index contributed by atoms with van der Waals surface area (Å²) in [5.74, 6) is 1.48. The normalized spacial score (nSPS) is 20.8. The maximum atomic E-state index is 5.28. The van der Waals surface area contributed by atoms with Gasteiger partial charge in [0, 0.05) is 20.1 Å². The lowest BCUT2D eigenvalue weighted by atomic mass is 9.84. The molecule has 0 bridgehead atoms. The first-order valence-corrected chi connectivity index (χ1v) is 6.33. The van der Waals surface area contributed by atoms with Crippen molar-refractivity contribution < 1.29 is 9.47 Å². The van der Waals surface area contributed by atoms with Gasteiger partial charge in [0.25, 0.3) is 0 Å². The fourth-order valence-corrected chi connectivity index (χ4v) is 2.67. The molecule has 2 nitrogen and oxygen atoms in total. The minimum Gasteiger partial charge on any atom is -0.356 e. The standard InChI is InChI=1S/C13H26O2/c1-11(13(14-2)15-3)9-10-12-7-5-4-6-8-12/h11-13H,4-10H2,1-3H3. The summed E-state index contributed by atoms with van der Waals surface area (Å²) < 4.78 is 10.6. The van der Waals surface area contributed by atoms with Crippen LogP contribution in [0.5, 0.6) is 0 Å². The van der Waals surface area contributed by atoms with Gasteiger partial charge in [-0.2, -0.15) is 0 Å². The Morgan fingerprint density at radius 2 is 1.67 bits per heavy atom. The average molecular weight is 214 g/mol. The summed E-state index contributed by atoms with van der Waals surface area (Å²) in [5, 5.41) is 0. The van der Waals surface area contributed by atoms with E-state index in [4.69, 9.17) is 9.47 Å². The predicted octanol–water partition coefficient (Wildman–Crippen LogP) is 3.60. The Morgan fingerprint density at radius 3 is 2.20 bits per heavy atom. The third-order valence-electron chi connectivity index (χ3n) is 3.68. The van der Waals surface area contributed by atoms with Gasteiger partial charge in [-0.3, -0.25) is 0 Å². The Kier molecular flexibility index (Phi) is 6.26. The highest BCUT2D eigenvalue weighted by molar-refractivity contribution is 4.68. The predicted molar refractivity (Wildman–Crippen MR) is 62.8 cm³/mol. The van der Waals surface area contributed by atoms with Crippen molar-refractivity contribution in [2.75, 3.05) is 14.2 Å². The van der Waals surface area contributed by atoms with Crippen LogP contribution in [0.25, 0.3) is 0 Å². The van der Waals surface area contributed by atoms with Crippen molar-refractivity contribution in [1.29, 1.82) is 0 Å². The van der Waals surface area contributed by atoms with Crippen molar-refractivity contribution in [1.82, 2.24) is 0 Å². The second kappa shape index (κ2) is 7.24. The molecule has 1 fully saturated rings. The lowest BCUT2D eigenvalue weighted by Crippen LogP contribution is -2.23. The van der Waals surface area contributed by atoms with Crippen LogP contribution in [0.3, 0.4) is 0 Å². The number of ether oxygens (including phenoxy) is 2. The molecule has 15 heavy (non-hydrogen) atoms. The van der Waals surface area contributed by atoms with Gasteiger partial charge in [-0.25, -0.2) is 0 Å². The Morgan fingerprint density at radius 1 is 1.07 bits per heavy atom. The Hall–Kier alpha value is -0.0800. The zero-order valence-electron chi connectivity index (χ0n) is 10.5. The van der Waals surface area contributed by atoms with Gasteiger partial charge in [-0.05, 0) is 12.3 Å². The van der Waals surface area contributed by atoms with Gasteiger partial charge >= 0.3 is 0 Å². The summed E-state index contributed by atoms with van der Waals surface area (Å²) >= 11 is 0. The van der Waals surface area contributed by atoms with Gasteiger partial charge in [0.05, 0.1) is 0 Å². The molecule has 1 atom stereocenters. The van der Waals surface area contributed by atoms with E-state index in [1.165, 1.54) is 44.9 Å². The molecule has 0 radical (unpaired) electrons. The van der Waals surface area contributed by atoms with Crippen molar-refractivity contribution in [2.24, 2.45) is 11.8 Å². The van der Waals surface area contributed by atoms with Gasteiger partial charge < -0.3 is 9.47 Å². The van der Waals surface area contributed by atoms with Crippen LogP contribution in [0.2, 0.25) is 0 Å². The molecule has 1 aliphatic carbocycles. The minimum atomic E-state index is -0.0198. The van der Waals surface area contributed by atoms with Gasteiger partial charge in [-0.1, -0.05) is 45.4 Å². The molecular formula is C13H26O2. The van der Waals surface area contributed by atoms with Crippen molar-refractivity contribution in [2.45, 2.75) is 58.2 Å². The molecule has 1 unspecified atom stereocenters. The molecule has 0 aromatic heterocycles. The molecule has 0 aliphatic heterocycles. The number of rotatable bonds is 6. The molecule has 0 saturated heterocycles. The molecule has 0 spiro atoms. The van der Waals surface area contributed by atoms with Crippen LogP contribution in [0.1, 0.15) is 51.9 Å². The molecule has 2 heteroatoms. The summed E-state index contributed by atoms with van der Waals surface area (Å²) in [6.07, 6.45) is 9.78. The molecule has 0 aromatic rings. The SMILES string of the molecule is COC(OC)C(C)CCC1CCCCC1. The van der Waals surface area contributed by atoms with E-state index in [9.17, 15) is 0 Å². The Bertz CT molecular complexity index is 149. The maximum absolute atomic E-state index is 5.28. The van der Waals surface area contributed by atoms with E-state index in [-0.39, 0.29) is 6.29 Å². The summed E-state index contributed by atoms with van der Waals surface area (Å²) in [5.41, 5.74) is 0. The van der Waals surface area contributed by atoms with Crippen LogP contribution >= 0.6 is 0 Å². The lowest BCUT2D eigenvalue weighted by Gasteiger charge is -2.25. The van der Waals surface area contributed by atoms with E-state index in [0.717, 1.165) is 5.92 Å². The van der Waals surface area contributed by atoms with E-state index in [2.05, 4.69) is 6.92 Å². The fourth-order valence-electron chi connectivity index (χ4n) is 2.67. The quantitative estimate of drug-likeness (QED) is 0.629. The van der Waals surface area contributed by atoms with Crippen molar-refractivity contribution in [3.63, 3.8) is 0 Å². The van der Waals surface area contributed by atoms with E-state index in [1.54, 1.807) is 14.2 Å². The summed E-state index contributed by atoms with van der Waals surface area (Å²) in [7, 11) is 3.45. The van der Waals surface area contributed by atoms with E-state index in [1.807, 2.05) is 0 Å². The lowest BCUT2D eigenvalue weighted by molar-refractivity contribution is -0.135. The van der Waals surface area contributed by atoms with Crippen LogP contribution < -0.4 is 0 Å². The van der Waals surface area contributed by atoms with Crippen molar-refractivity contribution in [3.8, 4) is 0 Å². The van der Waals surface area contributed by atoms with Crippen molar-refractivity contribution >= 4 is 0 Å². The van der Waals surface area contributed by atoms with E-state index in [0.29, 0.717) is 5.92 Å². The largest absolute Gasteiger partial charge is 0.356 e. The number of hydrogen-bond acceptors (Lipinski definition) is 2. The minimum absolute atomic E-state index is 0.0198. The van der Waals surface area contributed by atoms with Gasteiger partial charge in [0.2, 0.25) is 0 Å². The van der Waals surface area contributed by atoms with E-state index >= 15 is 0 Å². The first kappa shape index (κ1) is 13.0. The van der Waals surface area contributed by atoms with Crippen LogP contribution in [-0.2, 0) is 9.47 Å². The molecule has 0 amide bonds. The van der Waals surface area contributed by atoms with Crippen LogP contribution in [0.15, 0.2) is 0 Å². The van der Waals surface area contributed by atoms with Crippen LogP contribution in [0, 0.1) is 11.8 Å². The average Bonchev–Trinajstić information content (AvgIpc) is 2.29. The van der Waals surface area contributed by atoms with Crippen molar-refractivity contribution in [3.05, 3.63) is 0 Å². The molecule has 0 N–H and O–H groups in total. The highest BCUT2D eigenvalue weighted by Gasteiger charge is 2.19. The zero-order valence-corrected chi connectivity index (χ0v) is 10.5. The second-order valence-electron chi connectivity index (χ2n) is 4.90. The summed E-state index contributed by atoms with van der Waals surface area (Å²) in [6.45, 7) is 2.22. The first-order chi connectivity index (χ1) is 7.27. The maximum Gasteiger partial charge on any atom is 0.159 e. The van der Waals surface area contributed by atoms with Gasteiger partial charge in [0.15, 0.2) is 6.29 Å². The third kappa shape index (κ3) is 4.52. The van der Waals surface area contributed by atoms with E-state index < -0.39 is 0 Å². The molecule has 1 rings (SSSR count). The highest BCUT2D eigenvalue weighted by atomic mass is 16.7. The Balaban J connectivity index is 2.16. The third-order valence-corrected chi connectivity index (χ3v) is 3.68. The molecule has 0 heterocycles. The van der Waals surface area contributed by atoms with Crippen LogP contribution in [-0.4, -0.2) is 20.5 Å². The first-order valence-electron chi connectivity index (χ1n) is 6.33. The molecule has 1 aliphatic rings. The Labute approximate surface area is 94.3 Å². The monoisotopic (exact) mass is 214 g/mol. The molecule has 90 valence electrons. The second-order valence-corrected chi connectivity index (χ2v) is 4.90. The topological polar surface area (TPSA) is 18.5 Å². The summed E-state index contributed by atoms with van der Waals surface area (Å²) in [6, 6.07) is 0. The number of methoxy groups -OCH3 is 2. The number of hydrogen-bond donors (Lipinski definition) is 0. The zero-order chi connectivity index (χ0) is 11.1. The van der Waals surface area contributed by atoms with Crippen LogP contribution in [0.4, 0.5) is 0 Å². The summed E-state index contributed by atoms with van der Waals surface area (Å²) in [4.78, 5) is 0. The van der Waals surface area contributed by atoms with Gasteiger partial charge in [0.1, 0.15) is 0 Å². The highest BCUT2D eigenvalue weighted by Crippen LogP contribution is 2.29. The van der Waals surface area contributed by atoms with Gasteiger partial charge in [-0.15, -0.1) is 0 Å². The molecule has 1 saturated carbocycles.